The van der Waals surface area contributed by atoms with Gasteiger partial charge in [-0.15, -0.1) is 10.2 Å². The van der Waals surface area contributed by atoms with Gasteiger partial charge in [-0.2, -0.15) is 4.39 Å². The van der Waals surface area contributed by atoms with Crippen LogP contribution in [-0.4, -0.2) is 46.8 Å². The summed E-state index contributed by atoms with van der Waals surface area (Å²) in [4.78, 5) is 17.4. The highest BCUT2D eigenvalue weighted by Crippen LogP contribution is 2.30. The third kappa shape index (κ3) is 3.23. The molecule has 0 bridgehead atoms. The number of carbonyl (C=O) groups excluding carboxylic acids is 1. The number of aromatic nitrogens is 3. The van der Waals surface area contributed by atoms with Crippen LogP contribution >= 0.6 is 11.3 Å². The summed E-state index contributed by atoms with van der Waals surface area (Å²) in [6.07, 6.45) is 0.687. The van der Waals surface area contributed by atoms with Crippen LogP contribution in [0.4, 0.5) is 10.2 Å². The fourth-order valence-electron chi connectivity index (χ4n) is 2.74. The first kappa shape index (κ1) is 15.9. The van der Waals surface area contributed by atoms with Crippen molar-refractivity contribution in [2.45, 2.75) is 33.0 Å². The molecule has 1 aliphatic rings. The molecule has 6 nitrogen and oxygen atoms in total. The SMILES string of the molecule is Cc1nnc(-c2cc(C=O)c(N3C[C@@H](C)O[C@@H](C)C3)nc2F)s1. The lowest BCUT2D eigenvalue weighted by atomic mass is 10.1. The molecule has 0 aliphatic carbocycles. The van der Waals surface area contributed by atoms with Gasteiger partial charge in [-0.05, 0) is 26.8 Å². The fourth-order valence-corrected chi connectivity index (χ4v) is 3.44. The molecular formula is C15H17FN4O2S. The van der Waals surface area contributed by atoms with Crippen LogP contribution < -0.4 is 4.90 Å². The number of pyridine rings is 1. The van der Waals surface area contributed by atoms with Gasteiger partial charge >= 0.3 is 0 Å². The second-order valence-electron chi connectivity index (χ2n) is 5.65. The molecule has 2 aromatic heterocycles. The van der Waals surface area contributed by atoms with Crippen LogP contribution in [0.5, 0.6) is 0 Å². The molecule has 2 aromatic rings. The van der Waals surface area contributed by atoms with E-state index in [9.17, 15) is 9.18 Å². The normalized spacial score (nSPS) is 21.5. The van der Waals surface area contributed by atoms with E-state index in [-0.39, 0.29) is 17.8 Å². The van der Waals surface area contributed by atoms with E-state index in [0.29, 0.717) is 35.8 Å². The fraction of sp³-hybridized carbons (Fsp3) is 0.467. The molecule has 0 radical (unpaired) electrons. The molecule has 1 fully saturated rings. The Balaban J connectivity index is 2.02. The van der Waals surface area contributed by atoms with Crippen molar-refractivity contribution in [2.24, 2.45) is 0 Å². The number of ether oxygens (including phenoxy) is 1. The van der Waals surface area contributed by atoms with E-state index in [4.69, 9.17) is 4.74 Å². The summed E-state index contributed by atoms with van der Waals surface area (Å²) in [5.74, 6) is -0.293. The van der Waals surface area contributed by atoms with Crippen LogP contribution in [0.15, 0.2) is 6.07 Å². The van der Waals surface area contributed by atoms with Gasteiger partial charge in [0.05, 0.1) is 23.3 Å². The lowest BCUT2D eigenvalue weighted by molar-refractivity contribution is -0.00554. The van der Waals surface area contributed by atoms with Gasteiger partial charge in [0.2, 0.25) is 5.95 Å². The minimum atomic E-state index is -0.645. The van der Waals surface area contributed by atoms with Crippen molar-refractivity contribution in [2.75, 3.05) is 18.0 Å². The number of rotatable bonds is 3. The first-order valence-electron chi connectivity index (χ1n) is 7.34. The highest BCUT2D eigenvalue weighted by molar-refractivity contribution is 7.14. The summed E-state index contributed by atoms with van der Waals surface area (Å²) >= 11 is 1.26. The smallest absolute Gasteiger partial charge is 0.225 e. The van der Waals surface area contributed by atoms with Gasteiger partial charge in [-0.25, -0.2) is 4.98 Å². The van der Waals surface area contributed by atoms with Crippen molar-refractivity contribution in [3.05, 3.63) is 22.6 Å². The summed E-state index contributed by atoms with van der Waals surface area (Å²) in [6.45, 7) is 6.80. The summed E-state index contributed by atoms with van der Waals surface area (Å²) in [5.41, 5.74) is 0.548. The van der Waals surface area contributed by atoms with Crippen molar-refractivity contribution >= 4 is 23.4 Å². The van der Waals surface area contributed by atoms with Crippen LogP contribution in [-0.2, 0) is 4.74 Å². The predicted octanol–water partition coefficient (Wildman–Crippen LogP) is 2.47. The Morgan fingerprint density at radius 3 is 2.61 bits per heavy atom. The van der Waals surface area contributed by atoms with Gasteiger partial charge in [0.1, 0.15) is 10.8 Å². The van der Waals surface area contributed by atoms with E-state index in [1.54, 1.807) is 6.92 Å². The van der Waals surface area contributed by atoms with Crippen LogP contribution in [0.2, 0.25) is 0 Å². The maximum Gasteiger partial charge on any atom is 0.225 e. The number of carbonyl (C=O) groups is 1. The van der Waals surface area contributed by atoms with E-state index < -0.39 is 5.95 Å². The standard InChI is InChI=1S/C15H17FN4O2S/c1-8-5-20(6-9(2)22-8)14-11(7-21)4-12(13(16)17-14)15-19-18-10(3)23-15/h4,7-9H,5-6H2,1-3H3/t8-,9+. The molecule has 3 heterocycles. The molecule has 3 rings (SSSR count). The average molecular weight is 336 g/mol. The second kappa shape index (κ2) is 6.29. The minimum absolute atomic E-state index is 0.00592. The molecule has 23 heavy (non-hydrogen) atoms. The van der Waals surface area contributed by atoms with E-state index in [1.165, 1.54) is 17.4 Å². The Hall–Kier alpha value is -1.93. The van der Waals surface area contributed by atoms with Crippen LogP contribution in [0.3, 0.4) is 0 Å². The predicted molar refractivity (Wildman–Crippen MR) is 85.4 cm³/mol. The van der Waals surface area contributed by atoms with E-state index in [2.05, 4.69) is 15.2 Å². The Kier molecular flexibility index (Phi) is 4.36. The van der Waals surface area contributed by atoms with Crippen molar-refractivity contribution in [3.8, 4) is 10.6 Å². The summed E-state index contributed by atoms with van der Waals surface area (Å²) < 4.78 is 20.1. The molecule has 8 heteroatoms. The van der Waals surface area contributed by atoms with Gasteiger partial charge in [0.15, 0.2) is 11.3 Å². The van der Waals surface area contributed by atoms with E-state index in [1.807, 2.05) is 18.7 Å². The number of hydrogen-bond donors (Lipinski definition) is 0. The molecule has 122 valence electrons. The van der Waals surface area contributed by atoms with Crippen molar-refractivity contribution in [1.82, 2.24) is 15.2 Å². The second-order valence-corrected chi connectivity index (χ2v) is 6.83. The minimum Gasteiger partial charge on any atom is -0.372 e. The quantitative estimate of drug-likeness (QED) is 0.633. The molecule has 0 spiro atoms. The van der Waals surface area contributed by atoms with Crippen LogP contribution in [0.25, 0.3) is 10.6 Å². The van der Waals surface area contributed by atoms with Gasteiger partial charge < -0.3 is 9.64 Å². The summed E-state index contributed by atoms with van der Waals surface area (Å²) in [5, 5.41) is 8.96. The maximum atomic E-state index is 14.5. The van der Waals surface area contributed by atoms with Gasteiger partial charge in [0.25, 0.3) is 0 Å². The monoisotopic (exact) mass is 336 g/mol. The molecule has 0 saturated carbocycles. The van der Waals surface area contributed by atoms with E-state index in [0.717, 1.165) is 5.01 Å². The lowest BCUT2D eigenvalue weighted by Crippen LogP contribution is -2.46. The third-order valence-corrected chi connectivity index (χ3v) is 4.46. The van der Waals surface area contributed by atoms with Crippen LogP contribution in [0, 0.1) is 12.9 Å². The largest absolute Gasteiger partial charge is 0.372 e. The molecule has 0 unspecified atom stereocenters. The lowest BCUT2D eigenvalue weighted by Gasteiger charge is -2.36. The van der Waals surface area contributed by atoms with Crippen LogP contribution in [0.1, 0.15) is 29.2 Å². The number of hydrogen-bond acceptors (Lipinski definition) is 7. The molecule has 0 amide bonds. The highest BCUT2D eigenvalue weighted by atomic mass is 32.1. The summed E-state index contributed by atoms with van der Waals surface area (Å²) in [7, 11) is 0. The number of aryl methyl sites for hydroxylation is 1. The van der Waals surface area contributed by atoms with Crippen molar-refractivity contribution < 1.29 is 13.9 Å². The molecule has 0 aromatic carbocycles. The third-order valence-electron chi connectivity index (χ3n) is 3.59. The first-order chi connectivity index (χ1) is 11.0. The first-order valence-corrected chi connectivity index (χ1v) is 8.16. The Labute approximate surface area is 137 Å². The molecule has 0 N–H and O–H groups in total. The summed E-state index contributed by atoms with van der Waals surface area (Å²) in [6, 6.07) is 1.50. The number of morpholine rings is 1. The number of halogens is 1. The van der Waals surface area contributed by atoms with Gasteiger partial charge in [0, 0.05) is 13.1 Å². The zero-order valence-electron chi connectivity index (χ0n) is 13.1. The number of aldehydes is 1. The van der Waals surface area contributed by atoms with E-state index >= 15 is 0 Å². The van der Waals surface area contributed by atoms with Crippen molar-refractivity contribution in [3.63, 3.8) is 0 Å². The Morgan fingerprint density at radius 2 is 2.04 bits per heavy atom. The number of anilines is 1. The highest BCUT2D eigenvalue weighted by Gasteiger charge is 2.26. The van der Waals surface area contributed by atoms with Gasteiger partial charge in [-0.3, -0.25) is 4.79 Å². The maximum absolute atomic E-state index is 14.5. The Bertz CT molecular complexity index is 726. The number of nitrogens with zero attached hydrogens (tertiary/aromatic N) is 4. The van der Waals surface area contributed by atoms with Gasteiger partial charge in [-0.1, -0.05) is 11.3 Å². The molecule has 1 saturated heterocycles. The zero-order valence-corrected chi connectivity index (χ0v) is 13.9. The zero-order chi connectivity index (χ0) is 16.6. The molecule has 1 aliphatic heterocycles. The topological polar surface area (TPSA) is 68.2 Å². The molecule has 2 atom stereocenters. The molecular weight excluding hydrogens is 319 g/mol. The average Bonchev–Trinajstić information content (AvgIpc) is 2.92. The Morgan fingerprint density at radius 1 is 1.35 bits per heavy atom. The van der Waals surface area contributed by atoms with Crippen molar-refractivity contribution in [1.29, 1.82) is 0 Å².